The second kappa shape index (κ2) is 9.73. The SMILES string of the molecule is CCOC(=O)c1ccc(N(CC(=O)NC2CCCCCC2)S(C)(=O)=O)cc1. The molecule has 7 nitrogen and oxygen atoms in total. The zero-order chi connectivity index (χ0) is 19.9. The topological polar surface area (TPSA) is 92.8 Å². The highest BCUT2D eigenvalue weighted by Gasteiger charge is 2.23. The number of benzene rings is 1. The summed E-state index contributed by atoms with van der Waals surface area (Å²) in [5.41, 5.74) is 0.665. The number of hydrogen-bond donors (Lipinski definition) is 1. The maximum Gasteiger partial charge on any atom is 0.338 e. The zero-order valence-corrected chi connectivity index (χ0v) is 16.8. The first-order chi connectivity index (χ1) is 12.8. The van der Waals surface area contributed by atoms with Crippen LogP contribution in [0.3, 0.4) is 0 Å². The lowest BCUT2D eigenvalue weighted by Gasteiger charge is -2.24. The summed E-state index contributed by atoms with van der Waals surface area (Å²) in [6.07, 6.45) is 7.43. The molecular weight excluding hydrogens is 368 g/mol. The summed E-state index contributed by atoms with van der Waals surface area (Å²) in [4.78, 5) is 24.2. The number of nitrogens with one attached hydrogen (secondary N) is 1. The Morgan fingerprint density at radius 1 is 1.11 bits per heavy atom. The summed E-state index contributed by atoms with van der Waals surface area (Å²) < 4.78 is 30.3. The first kappa shape index (κ1) is 21.2. The molecule has 0 saturated heterocycles. The summed E-state index contributed by atoms with van der Waals surface area (Å²) in [5, 5.41) is 2.96. The van der Waals surface area contributed by atoms with Crippen LogP contribution in [-0.2, 0) is 19.6 Å². The van der Waals surface area contributed by atoms with Gasteiger partial charge in [0, 0.05) is 6.04 Å². The van der Waals surface area contributed by atoms with Gasteiger partial charge in [-0.25, -0.2) is 13.2 Å². The van der Waals surface area contributed by atoms with Crippen LogP contribution in [0.25, 0.3) is 0 Å². The lowest BCUT2D eigenvalue weighted by molar-refractivity contribution is -0.120. The molecule has 0 radical (unpaired) electrons. The first-order valence-electron chi connectivity index (χ1n) is 9.35. The van der Waals surface area contributed by atoms with Gasteiger partial charge in [-0.05, 0) is 44.0 Å². The Balaban J connectivity index is 2.08. The molecule has 1 aromatic carbocycles. The van der Waals surface area contributed by atoms with Crippen molar-refractivity contribution in [2.24, 2.45) is 0 Å². The van der Waals surface area contributed by atoms with Crippen molar-refractivity contribution >= 4 is 27.6 Å². The van der Waals surface area contributed by atoms with E-state index in [2.05, 4.69) is 5.32 Å². The minimum atomic E-state index is -3.65. The van der Waals surface area contributed by atoms with Crippen LogP contribution in [0.2, 0.25) is 0 Å². The van der Waals surface area contributed by atoms with Crippen LogP contribution in [0.15, 0.2) is 24.3 Å². The van der Waals surface area contributed by atoms with Crippen LogP contribution >= 0.6 is 0 Å². The van der Waals surface area contributed by atoms with Gasteiger partial charge in [0.1, 0.15) is 6.54 Å². The van der Waals surface area contributed by atoms with Crippen LogP contribution < -0.4 is 9.62 Å². The largest absolute Gasteiger partial charge is 0.462 e. The fourth-order valence-electron chi connectivity index (χ4n) is 3.21. The van der Waals surface area contributed by atoms with Crippen molar-refractivity contribution in [2.75, 3.05) is 23.7 Å². The van der Waals surface area contributed by atoms with Gasteiger partial charge in [-0.1, -0.05) is 25.7 Å². The van der Waals surface area contributed by atoms with Crippen LogP contribution in [-0.4, -0.2) is 45.7 Å². The lowest BCUT2D eigenvalue weighted by Crippen LogP contribution is -2.44. The number of rotatable bonds is 7. The predicted octanol–water partition coefficient (Wildman–Crippen LogP) is 2.47. The highest BCUT2D eigenvalue weighted by molar-refractivity contribution is 7.92. The number of esters is 1. The second-order valence-corrected chi connectivity index (χ2v) is 8.70. The van der Waals surface area contributed by atoms with E-state index in [1.807, 2.05) is 0 Å². The number of hydrogen-bond acceptors (Lipinski definition) is 5. The molecule has 1 amide bonds. The molecule has 1 saturated carbocycles. The molecule has 0 bridgehead atoms. The van der Waals surface area contributed by atoms with Crippen molar-refractivity contribution < 1.29 is 22.7 Å². The third-order valence-electron chi connectivity index (χ3n) is 4.57. The number of carbonyl (C=O) groups is 2. The van der Waals surface area contributed by atoms with Crippen LogP contribution in [0.1, 0.15) is 55.8 Å². The van der Waals surface area contributed by atoms with E-state index in [0.29, 0.717) is 11.3 Å². The minimum Gasteiger partial charge on any atom is -0.462 e. The Bertz CT molecular complexity index is 738. The number of anilines is 1. The van der Waals surface area contributed by atoms with Crippen molar-refractivity contribution in [3.05, 3.63) is 29.8 Å². The fourth-order valence-corrected chi connectivity index (χ4v) is 4.06. The molecule has 8 heteroatoms. The number of amides is 1. The van der Waals surface area contributed by atoms with Crippen molar-refractivity contribution in [3.8, 4) is 0 Å². The number of sulfonamides is 1. The molecule has 0 heterocycles. The maximum absolute atomic E-state index is 12.4. The van der Waals surface area contributed by atoms with E-state index in [1.54, 1.807) is 6.92 Å². The Kier molecular flexibility index (Phi) is 7.65. The zero-order valence-electron chi connectivity index (χ0n) is 15.9. The molecule has 0 aromatic heterocycles. The maximum atomic E-state index is 12.4. The minimum absolute atomic E-state index is 0.104. The summed E-state index contributed by atoms with van der Waals surface area (Å²) in [5.74, 6) is -0.789. The normalized spacial score (nSPS) is 15.6. The van der Waals surface area contributed by atoms with Crippen LogP contribution in [0, 0.1) is 0 Å². The highest BCUT2D eigenvalue weighted by Crippen LogP contribution is 2.20. The van der Waals surface area contributed by atoms with Crippen LogP contribution in [0.5, 0.6) is 0 Å². The molecule has 0 atom stereocenters. The number of nitrogens with zero attached hydrogens (tertiary/aromatic N) is 1. The Morgan fingerprint density at radius 2 is 1.70 bits per heavy atom. The molecule has 27 heavy (non-hydrogen) atoms. The van der Waals surface area contributed by atoms with E-state index in [0.717, 1.165) is 36.2 Å². The molecule has 150 valence electrons. The van der Waals surface area contributed by atoms with Gasteiger partial charge in [-0.15, -0.1) is 0 Å². The van der Waals surface area contributed by atoms with Gasteiger partial charge in [0.05, 0.1) is 24.1 Å². The average Bonchev–Trinajstić information content (AvgIpc) is 2.88. The second-order valence-electron chi connectivity index (χ2n) is 6.79. The van der Waals surface area contributed by atoms with E-state index in [9.17, 15) is 18.0 Å². The molecular formula is C19H28N2O5S. The molecule has 1 N–H and O–H groups in total. The molecule has 1 aromatic rings. The standard InChI is InChI=1S/C19H28N2O5S/c1-3-26-19(23)15-10-12-17(13-11-15)21(27(2,24)25)14-18(22)20-16-8-6-4-5-7-9-16/h10-13,16H,3-9,14H2,1-2H3,(H,20,22). The molecule has 1 aliphatic rings. The van der Waals surface area contributed by atoms with Gasteiger partial charge < -0.3 is 10.1 Å². The van der Waals surface area contributed by atoms with E-state index >= 15 is 0 Å². The molecule has 2 rings (SSSR count). The van der Waals surface area contributed by atoms with Gasteiger partial charge in [0.15, 0.2) is 0 Å². The summed E-state index contributed by atoms with van der Waals surface area (Å²) in [6, 6.07) is 6.11. The Morgan fingerprint density at radius 3 is 2.22 bits per heavy atom. The summed E-state index contributed by atoms with van der Waals surface area (Å²) in [6.45, 7) is 1.69. The van der Waals surface area contributed by atoms with Gasteiger partial charge >= 0.3 is 5.97 Å². The van der Waals surface area contributed by atoms with E-state index in [-0.39, 0.29) is 25.1 Å². The monoisotopic (exact) mass is 396 g/mol. The summed E-state index contributed by atoms with van der Waals surface area (Å²) in [7, 11) is -3.65. The Hall–Kier alpha value is -2.09. The fraction of sp³-hybridized carbons (Fsp3) is 0.579. The van der Waals surface area contributed by atoms with Gasteiger partial charge in [0.25, 0.3) is 0 Å². The summed E-state index contributed by atoms with van der Waals surface area (Å²) >= 11 is 0. The van der Waals surface area contributed by atoms with Crippen LogP contribution in [0.4, 0.5) is 5.69 Å². The van der Waals surface area contributed by atoms with E-state index in [1.165, 1.54) is 37.1 Å². The first-order valence-corrected chi connectivity index (χ1v) is 11.2. The molecule has 0 unspecified atom stereocenters. The molecule has 1 aliphatic carbocycles. The van der Waals surface area contributed by atoms with Gasteiger partial charge in [0.2, 0.25) is 15.9 Å². The third kappa shape index (κ3) is 6.53. The smallest absolute Gasteiger partial charge is 0.338 e. The van der Waals surface area contributed by atoms with Gasteiger partial charge in [-0.3, -0.25) is 9.10 Å². The number of ether oxygens (including phenoxy) is 1. The number of carbonyl (C=O) groups excluding carboxylic acids is 2. The molecule has 1 fully saturated rings. The molecule has 0 aliphatic heterocycles. The molecule has 0 spiro atoms. The van der Waals surface area contributed by atoms with Gasteiger partial charge in [-0.2, -0.15) is 0 Å². The third-order valence-corrected chi connectivity index (χ3v) is 5.71. The quantitative estimate of drug-likeness (QED) is 0.565. The Labute approximate surface area is 161 Å². The van der Waals surface area contributed by atoms with Crippen molar-refractivity contribution in [3.63, 3.8) is 0 Å². The van der Waals surface area contributed by atoms with E-state index in [4.69, 9.17) is 4.74 Å². The van der Waals surface area contributed by atoms with E-state index < -0.39 is 16.0 Å². The average molecular weight is 397 g/mol. The van der Waals surface area contributed by atoms with Crippen molar-refractivity contribution in [1.82, 2.24) is 5.32 Å². The predicted molar refractivity (Wildman–Crippen MR) is 104 cm³/mol. The van der Waals surface area contributed by atoms with Crippen molar-refractivity contribution in [2.45, 2.75) is 51.5 Å². The lowest BCUT2D eigenvalue weighted by atomic mass is 10.1. The highest BCUT2D eigenvalue weighted by atomic mass is 32.2. The van der Waals surface area contributed by atoms with Crippen molar-refractivity contribution in [1.29, 1.82) is 0 Å².